The number of benzene rings is 1. The minimum Gasteiger partial charge on any atom is -0.379 e. The highest BCUT2D eigenvalue weighted by Crippen LogP contribution is 2.39. The number of piperidine rings is 1. The molecular weight excluding hydrogens is 550 g/mol. The monoisotopic (exact) mass is 588 g/mol. The van der Waals surface area contributed by atoms with Gasteiger partial charge >= 0.3 is 0 Å². The fourth-order valence-corrected chi connectivity index (χ4v) is 7.38. The number of halogens is 2. The van der Waals surface area contributed by atoms with Gasteiger partial charge < -0.3 is 14.6 Å². The molecule has 43 heavy (non-hydrogen) atoms. The van der Waals surface area contributed by atoms with Crippen LogP contribution in [0, 0.1) is 18.6 Å². The Balaban J connectivity index is 1.05. The van der Waals surface area contributed by atoms with Gasteiger partial charge in [-0.3, -0.25) is 9.80 Å². The number of nitrogens with zero attached hydrogens (tertiary/aromatic N) is 7. The molecule has 3 aliphatic rings. The molecule has 226 valence electrons. The first-order valence-electron chi connectivity index (χ1n) is 15.3. The first-order chi connectivity index (χ1) is 20.8. The van der Waals surface area contributed by atoms with E-state index in [0.29, 0.717) is 46.8 Å². The van der Waals surface area contributed by atoms with Gasteiger partial charge in [0, 0.05) is 67.3 Å². The van der Waals surface area contributed by atoms with Gasteiger partial charge in [-0.05, 0) is 70.2 Å². The molecule has 0 saturated carbocycles. The number of aryl methyl sites for hydroxylation is 1. The zero-order valence-corrected chi connectivity index (χ0v) is 24.9. The number of hydrogen-bond donors (Lipinski definition) is 1. The van der Waals surface area contributed by atoms with Gasteiger partial charge in [0.25, 0.3) is 0 Å². The number of rotatable bonds is 7. The van der Waals surface area contributed by atoms with E-state index in [1.807, 2.05) is 37.7 Å². The van der Waals surface area contributed by atoms with E-state index < -0.39 is 11.6 Å². The van der Waals surface area contributed by atoms with Gasteiger partial charge in [0.15, 0.2) is 5.82 Å². The summed E-state index contributed by atoms with van der Waals surface area (Å²) >= 11 is 0. The van der Waals surface area contributed by atoms with Crippen molar-refractivity contribution in [1.82, 2.24) is 34.3 Å². The first kappa shape index (κ1) is 28.2. The Morgan fingerprint density at radius 3 is 2.35 bits per heavy atom. The van der Waals surface area contributed by atoms with Gasteiger partial charge in [-0.15, -0.1) is 0 Å². The van der Waals surface area contributed by atoms with Crippen LogP contribution in [0.3, 0.4) is 0 Å². The zero-order valence-electron chi connectivity index (χ0n) is 24.9. The van der Waals surface area contributed by atoms with E-state index in [1.54, 1.807) is 12.1 Å². The topological polar surface area (TPSA) is 84.2 Å². The lowest BCUT2D eigenvalue weighted by Gasteiger charge is -2.44. The molecule has 1 aromatic carbocycles. The van der Waals surface area contributed by atoms with Gasteiger partial charge in [0.1, 0.15) is 23.0 Å². The highest BCUT2D eigenvalue weighted by molar-refractivity contribution is 5.84. The van der Waals surface area contributed by atoms with Crippen LogP contribution in [0.25, 0.3) is 22.2 Å². The molecule has 0 amide bonds. The average Bonchev–Trinajstić information content (AvgIpc) is 3.45. The van der Waals surface area contributed by atoms with Crippen molar-refractivity contribution >= 4 is 22.8 Å². The normalized spacial score (nSPS) is 23.0. The quantitative estimate of drug-likeness (QED) is 0.298. The van der Waals surface area contributed by atoms with Gasteiger partial charge in [0.2, 0.25) is 5.95 Å². The number of pyridine rings is 1. The molecule has 3 aliphatic heterocycles. The van der Waals surface area contributed by atoms with E-state index in [2.05, 4.69) is 35.1 Å². The van der Waals surface area contributed by atoms with Crippen LogP contribution in [-0.2, 0) is 11.3 Å². The molecule has 11 heteroatoms. The highest BCUT2D eigenvalue weighted by Gasteiger charge is 2.42. The number of anilines is 2. The Morgan fingerprint density at radius 2 is 1.65 bits per heavy atom. The van der Waals surface area contributed by atoms with Crippen LogP contribution in [-0.4, -0.2) is 78.7 Å². The second kappa shape index (κ2) is 11.5. The van der Waals surface area contributed by atoms with Gasteiger partial charge in [-0.2, -0.15) is 0 Å². The van der Waals surface area contributed by atoms with Crippen LogP contribution in [0.15, 0.2) is 36.8 Å². The molecule has 3 saturated heterocycles. The van der Waals surface area contributed by atoms with E-state index >= 15 is 4.39 Å². The Bertz CT molecular complexity index is 1600. The predicted octanol–water partition coefficient (Wildman–Crippen LogP) is 5.63. The van der Waals surface area contributed by atoms with E-state index in [9.17, 15) is 4.39 Å². The predicted molar refractivity (Wildman–Crippen MR) is 161 cm³/mol. The van der Waals surface area contributed by atoms with Crippen LogP contribution >= 0.6 is 0 Å². The van der Waals surface area contributed by atoms with E-state index in [0.717, 1.165) is 44.6 Å². The summed E-state index contributed by atoms with van der Waals surface area (Å²) in [6, 6.07) is 6.60. The van der Waals surface area contributed by atoms with Crippen LogP contribution in [0.2, 0.25) is 0 Å². The first-order valence-corrected chi connectivity index (χ1v) is 15.3. The summed E-state index contributed by atoms with van der Waals surface area (Å²) in [6.07, 6.45) is 9.77. The molecular formula is C32H38F2N8O. The maximum Gasteiger partial charge on any atom is 0.228 e. The van der Waals surface area contributed by atoms with Crippen molar-refractivity contribution in [2.24, 2.45) is 0 Å². The molecule has 3 aromatic heterocycles. The maximum atomic E-state index is 15.1. The van der Waals surface area contributed by atoms with Crippen LogP contribution in [0.5, 0.6) is 0 Å². The molecule has 1 N–H and O–H groups in total. The summed E-state index contributed by atoms with van der Waals surface area (Å²) in [6.45, 7) is 10.5. The number of ether oxygens (including phenoxy) is 1. The summed E-state index contributed by atoms with van der Waals surface area (Å²) in [5.74, 6) is 0.432. The number of morpholine rings is 1. The third-order valence-corrected chi connectivity index (χ3v) is 9.34. The Morgan fingerprint density at radius 1 is 0.930 bits per heavy atom. The third-order valence-electron chi connectivity index (χ3n) is 9.34. The Hall–Kier alpha value is -3.54. The van der Waals surface area contributed by atoms with Gasteiger partial charge in [-0.1, -0.05) is 0 Å². The number of fused-ring (bicyclic) bond motifs is 3. The molecule has 9 nitrogen and oxygen atoms in total. The van der Waals surface area contributed by atoms with Gasteiger partial charge in [0.05, 0.1) is 24.9 Å². The van der Waals surface area contributed by atoms with Crippen LogP contribution in [0.1, 0.15) is 57.0 Å². The minimum absolute atomic E-state index is 0.0800. The van der Waals surface area contributed by atoms with Crippen molar-refractivity contribution in [2.45, 2.75) is 77.2 Å². The second-order valence-corrected chi connectivity index (χ2v) is 12.4. The summed E-state index contributed by atoms with van der Waals surface area (Å²) < 4.78 is 37.6. The summed E-state index contributed by atoms with van der Waals surface area (Å²) in [4.78, 5) is 22.9. The smallest absolute Gasteiger partial charge is 0.228 e. The third kappa shape index (κ3) is 5.49. The van der Waals surface area contributed by atoms with Crippen molar-refractivity contribution in [3.05, 3.63) is 59.8 Å². The van der Waals surface area contributed by atoms with Crippen molar-refractivity contribution < 1.29 is 13.5 Å². The molecule has 4 aromatic rings. The van der Waals surface area contributed by atoms with Crippen LogP contribution in [0.4, 0.5) is 20.5 Å². The number of hydrogen-bond acceptors (Lipinski definition) is 8. The molecule has 2 bridgehead atoms. The number of aromatic nitrogens is 5. The standard InChI is InChI=1S/C32H38F2N8O/c1-19(2)42-20(3)38-31-27(33)10-22(11-29(31)42)26-14-30(35-17-28(26)34)39-32-36-15-21(16-37-32)18-41-23-4-5-24(41)13-25(12-23)40-6-8-43-9-7-40/h10-11,14-17,19,23-25H,4-9,12-13,18H2,1-3H3,(H,35,36,37,39). The van der Waals surface area contributed by atoms with Crippen LogP contribution < -0.4 is 5.32 Å². The van der Waals surface area contributed by atoms with Crippen molar-refractivity contribution in [2.75, 3.05) is 31.6 Å². The van der Waals surface area contributed by atoms with E-state index in [4.69, 9.17) is 4.74 Å². The lowest BCUT2D eigenvalue weighted by Crippen LogP contribution is -2.52. The molecule has 0 radical (unpaired) electrons. The summed E-state index contributed by atoms with van der Waals surface area (Å²) in [5, 5.41) is 3.09. The molecule has 2 atom stereocenters. The molecule has 0 spiro atoms. The van der Waals surface area contributed by atoms with Gasteiger partial charge in [-0.25, -0.2) is 28.7 Å². The van der Waals surface area contributed by atoms with E-state index in [1.165, 1.54) is 31.7 Å². The second-order valence-electron chi connectivity index (χ2n) is 12.4. The number of imidazole rings is 1. The van der Waals surface area contributed by atoms with E-state index in [-0.39, 0.29) is 17.1 Å². The van der Waals surface area contributed by atoms with Crippen molar-refractivity contribution in [3.8, 4) is 11.1 Å². The highest BCUT2D eigenvalue weighted by atomic mass is 19.1. The number of nitrogens with one attached hydrogen (secondary N) is 1. The summed E-state index contributed by atoms with van der Waals surface area (Å²) in [7, 11) is 0. The molecule has 2 unspecified atom stereocenters. The molecule has 6 heterocycles. The molecule has 7 rings (SSSR count). The Labute approximate surface area is 250 Å². The Kier molecular flexibility index (Phi) is 7.56. The summed E-state index contributed by atoms with van der Waals surface area (Å²) in [5.41, 5.74) is 2.63. The fourth-order valence-electron chi connectivity index (χ4n) is 7.38. The average molecular weight is 589 g/mol. The largest absolute Gasteiger partial charge is 0.379 e. The lowest BCUT2D eigenvalue weighted by molar-refractivity contribution is -0.0140. The SMILES string of the molecule is Cc1nc2c(F)cc(-c3cc(Nc4ncc(CN5C6CCC5CC(N5CCOCC5)C6)cn4)ncc3F)cc2n1C(C)C. The lowest BCUT2D eigenvalue weighted by atomic mass is 9.95. The molecule has 3 fully saturated rings. The fraction of sp³-hybridized carbons (Fsp3) is 0.500. The zero-order chi connectivity index (χ0) is 29.7. The minimum atomic E-state index is -0.542. The van der Waals surface area contributed by atoms with Crippen molar-refractivity contribution in [1.29, 1.82) is 0 Å². The van der Waals surface area contributed by atoms with Crippen molar-refractivity contribution in [3.63, 3.8) is 0 Å². The molecule has 0 aliphatic carbocycles. The maximum absolute atomic E-state index is 15.1.